The smallest absolute Gasteiger partial charge is 0.289 e. The van der Waals surface area contributed by atoms with Crippen LogP contribution in [0.15, 0.2) is 35.0 Å². The van der Waals surface area contributed by atoms with Gasteiger partial charge in [0.05, 0.1) is 35.0 Å². The number of halogens is 2. The first-order valence-corrected chi connectivity index (χ1v) is 12.0. The van der Waals surface area contributed by atoms with E-state index in [1.165, 1.54) is 19.5 Å². The lowest BCUT2D eigenvalue weighted by molar-refractivity contribution is 0.0451. The SMILES string of the molecule is CCC(CO)N1CCN(C(=O)c2cc3c(C(=O)Nc4c(Cl)cncc4Cl)ccc(OC)c3o2)CC1. The van der Waals surface area contributed by atoms with Crippen molar-refractivity contribution in [1.29, 1.82) is 0 Å². The molecule has 186 valence electrons. The number of aliphatic hydroxyl groups is 1. The summed E-state index contributed by atoms with van der Waals surface area (Å²) < 4.78 is 11.3. The Morgan fingerprint density at radius 2 is 1.89 bits per heavy atom. The van der Waals surface area contributed by atoms with Crippen LogP contribution in [0.25, 0.3) is 11.0 Å². The molecule has 35 heavy (non-hydrogen) atoms. The zero-order valence-corrected chi connectivity index (χ0v) is 20.9. The maximum atomic E-state index is 13.2. The maximum Gasteiger partial charge on any atom is 0.289 e. The van der Waals surface area contributed by atoms with E-state index in [4.69, 9.17) is 32.4 Å². The lowest BCUT2D eigenvalue weighted by Crippen LogP contribution is -2.52. The zero-order valence-electron chi connectivity index (χ0n) is 19.4. The molecule has 2 amide bonds. The maximum absolute atomic E-state index is 13.2. The highest BCUT2D eigenvalue weighted by Crippen LogP contribution is 2.34. The normalized spacial score (nSPS) is 15.3. The van der Waals surface area contributed by atoms with E-state index in [1.54, 1.807) is 23.1 Å². The number of piperazine rings is 1. The van der Waals surface area contributed by atoms with Gasteiger partial charge in [-0.1, -0.05) is 30.1 Å². The summed E-state index contributed by atoms with van der Waals surface area (Å²) in [5.41, 5.74) is 0.801. The van der Waals surface area contributed by atoms with Crippen LogP contribution >= 0.6 is 23.2 Å². The number of amides is 2. The van der Waals surface area contributed by atoms with Gasteiger partial charge in [-0.05, 0) is 24.6 Å². The van der Waals surface area contributed by atoms with E-state index >= 15 is 0 Å². The summed E-state index contributed by atoms with van der Waals surface area (Å²) in [7, 11) is 1.49. The van der Waals surface area contributed by atoms with Crippen molar-refractivity contribution in [2.24, 2.45) is 0 Å². The van der Waals surface area contributed by atoms with Crippen LogP contribution < -0.4 is 10.1 Å². The summed E-state index contributed by atoms with van der Waals surface area (Å²) in [5.74, 6) is -0.238. The summed E-state index contributed by atoms with van der Waals surface area (Å²) in [6, 6.07) is 4.83. The predicted octanol–water partition coefficient (Wildman–Crippen LogP) is 3.92. The van der Waals surface area contributed by atoms with E-state index in [0.29, 0.717) is 42.9 Å². The second kappa shape index (κ2) is 10.8. The van der Waals surface area contributed by atoms with Crippen LogP contribution in [0.1, 0.15) is 34.3 Å². The second-order valence-electron chi connectivity index (χ2n) is 8.17. The van der Waals surface area contributed by atoms with Gasteiger partial charge in [-0.25, -0.2) is 0 Å². The van der Waals surface area contributed by atoms with Gasteiger partial charge in [-0.15, -0.1) is 0 Å². The quantitative estimate of drug-likeness (QED) is 0.485. The summed E-state index contributed by atoms with van der Waals surface area (Å²) in [4.78, 5) is 34.1. The summed E-state index contributed by atoms with van der Waals surface area (Å²) in [6.07, 6.45) is 3.60. The third-order valence-corrected chi connectivity index (χ3v) is 6.79. The molecule has 2 aromatic heterocycles. The summed E-state index contributed by atoms with van der Waals surface area (Å²) >= 11 is 12.3. The molecule has 1 unspecified atom stereocenters. The molecule has 3 heterocycles. The number of fused-ring (bicyclic) bond motifs is 1. The highest BCUT2D eigenvalue weighted by molar-refractivity contribution is 6.39. The molecular weight excluding hydrogens is 495 g/mol. The fourth-order valence-corrected chi connectivity index (χ4v) is 4.68. The molecule has 1 fully saturated rings. The fourth-order valence-electron chi connectivity index (χ4n) is 4.22. The van der Waals surface area contributed by atoms with Crippen LogP contribution in [0.2, 0.25) is 10.0 Å². The minimum Gasteiger partial charge on any atom is -0.493 e. The van der Waals surface area contributed by atoms with Gasteiger partial charge in [-0.2, -0.15) is 0 Å². The van der Waals surface area contributed by atoms with Crippen molar-refractivity contribution in [3.05, 3.63) is 52.0 Å². The number of hydrogen-bond acceptors (Lipinski definition) is 7. The molecule has 0 spiro atoms. The third-order valence-electron chi connectivity index (χ3n) is 6.21. The molecule has 1 atom stereocenters. The van der Waals surface area contributed by atoms with Crippen molar-refractivity contribution in [1.82, 2.24) is 14.8 Å². The molecule has 0 bridgehead atoms. The Hall–Kier alpha value is -2.85. The van der Waals surface area contributed by atoms with Crippen molar-refractivity contribution in [3.63, 3.8) is 0 Å². The molecule has 9 nitrogen and oxygen atoms in total. The number of aromatic nitrogens is 1. The summed E-state index contributed by atoms with van der Waals surface area (Å²) in [5, 5.41) is 13.1. The Kier molecular flexibility index (Phi) is 7.81. The fraction of sp³-hybridized carbons (Fsp3) is 0.375. The van der Waals surface area contributed by atoms with E-state index in [2.05, 4.69) is 15.2 Å². The van der Waals surface area contributed by atoms with Gasteiger partial charge < -0.3 is 24.5 Å². The number of nitrogens with zero attached hydrogens (tertiary/aromatic N) is 3. The lowest BCUT2D eigenvalue weighted by Gasteiger charge is -2.38. The number of aliphatic hydroxyl groups excluding tert-OH is 1. The van der Waals surface area contributed by atoms with Gasteiger partial charge in [0.1, 0.15) is 0 Å². The molecule has 3 aromatic rings. The molecule has 1 aliphatic rings. The van der Waals surface area contributed by atoms with Gasteiger partial charge >= 0.3 is 0 Å². The average Bonchev–Trinajstić information content (AvgIpc) is 3.32. The Bertz CT molecular complexity index is 1220. The van der Waals surface area contributed by atoms with Gasteiger partial charge in [0, 0.05) is 50.0 Å². The molecule has 1 saturated heterocycles. The molecule has 0 radical (unpaired) electrons. The summed E-state index contributed by atoms with van der Waals surface area (Å²) in [6.45, 7) is 4.47. The van der Waals surface area contributed by atoms with E-state index in [-0.39, 0.29) is 45.6 Å². The van der Waals surface area contributed by atoms with Crippen molar-refractivity contribution in [2.45, 2.75) is 19.4 Å². The minimum absolute atomic E-state index is 0.0891. The van der Waals surface area contributed by atoms with Crippen LogP contribution in [0.3, 0.4) is 0 Å². The number of carbonyl (C=O) groups excluding carboxylic acids is 2. The monoisotopic (exact) mass is 520 g/mol. The van der Waals surface area contributed by atoms with Crippen LogP contribution in [0.5, 0.6) is 5.75 Å². The Balaban J connectivity index is 1.60. The van der Waals surface area contributed by atoms with Crippen molar-refractivity contribution in [3.8, 4) is 5.75 Å². The molecule has 1 aromatic carbocycles. The van der Waals surface area contributed by atoms with Crippen molar-refractivity contribution < 1.29 is 23.8 Å². The van der Waals surface area contributed by atoms with Crippen LogP contribution in [0, 0.1) is 0 Å². The minimum atomic E-state index is -0.476. The van der Waals surface area contributed by atoms with Gasteiger partial charge in [0.2, 0.25) is 0 Å². The molecule has 0 saturated carbocycles. The van der Waals surface area contributed by atoms with Crippen molar-refractivity contribution in [2.75, 3.05) is 45.2 Å². The first-order valence-electron chi connectivity index (χ1n) is 11.2. The number of ether oxygens (including phenoxy) is 1. The highest BCUT2D eigenvalue weighted by atomic mass is 35.5. The second-order valence-corrected chi connectivity index (χ2v) is 8.99. The number of pyridine rings is 1. The Morgan fingerprint density at radius 1 is 1.20 bits per heavy atom. The zero-order chi connectivity index (χ0) is 25.1. The van der Waals surface area contributed by atoms with E-state index in [1.807, 2.05) is 6.92 Å². The molecule has 0 aliphatic carbocycles. The number of benzene rings is 1. The number of anilines is 1. The number of rotatable bonds is 7. The van der Waals surface area contributed by atoms with E-state index in [9.17, 15) is 14.7 Å². The Labute approximate surface area is 212 Å². The number of nitrogens with one attached hydrogen (secondary N) is 1. The molecule has 4 rings (SSSR count). The van der Waals surface area contributed by atoms with Crippen molar-refractivity contribution >= 4 is 51.7 Å². The standard InChI is InChI=1S/C24H26Cl2N4O5/c1-3-14(13-31)29-6-8-30(9-7-29)24(33)20-10-16-15(4-5-19(34-2)22(16)35-20)23(32)28-21-17(25)11-27-12-18(21)26/h4-5,10-12,14,31H,3,6-9,13H2,1-2H3,(H,27,28,32). The number of hydrogen-bond donors (Lipinski definition) is 2. The molecule has 1 aliphatic heterocycles. The molecular formula is C24H26Cl2N4O5. The predicted molar refractivity (Wildman–Crippen MR) is 134 cm³/mol. The van der Waals surface area contributed by atoms with Gasteiger partial charge in [0.25, 0.3) is 11.8 Å². The largest absolute Gasteiger partial charge is 0.493 e. The van der Waals surface area contributed by atoms with Gasteiger partial charge in [0.15, 0.2) is 17.1 Å². The van der Waals surface area contributed by atoms with Crippen LogP contribution in [-0.2, 0) is 0 Å². The first-order chi connectivity index (χ1) is 16.9. The highest BCUT2D eigenvalue weighted by Gasteiger charge is 2.28. The van der Waals surface area contributed by atoms with E-state index in [0.717, 1.165) is 6.42 Å². The number of furan rings is 1. The molecule has 2 N–H and O–H groups in total. The Morgan fingerprint density at radius 3 is 2.49 bits per heavy atom. The average molecular weight is 521 g/mol. The van der Waals surface area contributed by atoms with Crippen LogP contribution in [-0.4, -0.2) is 77.6 Å². The molecule has 11 heteroatoms. The van der Waals surface area contributed by atoms with Gasteiger partial charge in [-0.3, -0.25) is 19.5 Å². The topological polar surface area (TPSA) is 108 Å². The lowest BCUT2D eigenvalue weighted by atomic mass is 10.1. The third kappa shape index (κ3) is 5.08. The van der Waals surface area contributed by atoms with E-state index < -0.39 is 5.91 Å². The number of carbonyl (C=O) groups is 2. The van der Waals surface area contributed by atoms with Crippen LogP contribution in [0.4, 0.5) is 5.69 Å². The first kappa shape index (κ1) is 25.2. The number of methoxy groups -OCH3 is 1.